The highest BCUT2D eigenvalue weighted by Gasteiger charge is 2.37. The van der Waals surface area contributed by atoms with Gasteiger partial charge in [-0.1, -0.05) is 172 Å². The summed E-state index contributed by atoms with van der Waals surface area (Å²) in [6.07, 6.45) is 0. The molecule has 1 aliphatic rings. The Kier molecular flexibility index (Phi) is 7.42. The lowest BCUT2D eigenvalue weighted by molar-refractivity contribution is 0.660. The van der Waals surface area contributed by atoms with E-state index in [1.54, 1.807) is 0 Å². The predicted molar refractivity (Wildman–Crippen MR) is 228 cm³/mol. The van der Waals surface area contributed by atoms with Crippen molar-refractivity contribution in [3.63, 3.8) is 0 Å². The van der Waals surface area contributed by atoms with Crippen LogP contribution >= 0.6 is 11.3 Å². The maximum atomic E-state index is 2.54. The van der Waals surface area contributed by atoms with Crippen molar-refractivity contribution in [2.75, 3.05) is 4.90 Å². The minimum absolute atomic E-state index is 0.0918. The van der Waals surface area contributed by atoms with Gasteiger partial charge in [-0.3, -0.25) is 0 Å². The molecule has 1 heterocycles. The Morgan fingerprint density at radius 1 is 0.377 bits per heavy atom. The zero-order valence-corrected chi connectivity index (χ0v) is 30.6. The summed E-state index contributed by atoms with van der Waals surface area (Å²) < 4.78 is 2.58. The predicted octanol–water partition coefficient (Wildman–Crippen LogP) is 14.8. The monoisotopic (exact) mass is 695 g/mol. The van der Waals surface area contributed by atoms with Gasteiger partial charge in [-0.15, -0.1) is 11.3 Å². The third kappa shape index (κ3) is 4.98. The van der Waals surface area contributed by atoms with Gasteiger partial charge < -0.3 is 4.90 Å². The number of fused-ring (bicyclic) bond motifs is 6. The van der Waals surface area contributed by atoms with E-state index in [1.165, 1.54) is 81.5 Å². The fourth-order valence-electron chi connectivity index (χ4n) is 8.69. The van der Waals surface area contributed by atoms with Crippen LogP contribution in [0.2, 0.25) is 0 Å². The van der Waals surface area contributed by atoms with Gasteiger partial charge in [0.15, 0.2) is 0 Å². The van der Waals surface area contributed by atoms with Gasteiger partial charge in [-0.05, 0) is 74.8 Å². The molecular weight excluding hydrogens is 659 g/mol. The first-order chi connectivity index (χ1) is 26.1. The molecule has 2 heteroatoms. The Balaban J connectivity index is 1.29. The van der Waals surface area contributed by atoms with E-state index in [9.17, 15) is 0 Å². The van der Waals surface area contributed by atoms with Gasteiger partial charge in [0.25, 0.3) is 0 Å². The first-order valence-corrected chi connectivity index (χ1v) is 19.2. The summed E-state index contributed by atoms with van der Waals surface area (Å²) >= 11 is 1.87. The summed E-state index contributed by atoms with van der Waals surface area (Å²) in [5, 5.41) is 2.56. The van der Waals surface area contributed by atoms with E-state index < -0.39 is 0 Å². The van der Waals surface area contributed by atoms with Crippen LogP contribution < -0.4 is 4.90 Å². The Labute approximate surface area is 315 Å². The van der Waals surface area contributed by atoms with E-state index in [1.807, 2.05) is 11.3 Å². The highest BCUT2D eigenvalue weighted by molar-refractivity contribution is 7.26. The second kappa shape index (κ2) is 12.5. The first-order valence-electron chi connectivity index (χ1n) is 18.4. The molecule has 0 atom stereocenters. The van der Waals surface area contributed by atoms with Crippen LogP contribution in [0.25, 0.3) is 64.7 Å². The highest BCUT2D eigenvalue weighted by atomic mass is 32.1. The quantitative estimate of drug-likeness (QED) is 0.167. The molecule has 0 bridgehead atoms. The number of thiophene rings is 1. The lowest BCUT2D eigenvalue weighted by Gasteiger charge is -2.31. The summed E-state index contributed by atoms with van der Waals surface area (Å²) in [4.78, 5) is 2.54. The normalized spacial score (nSPS) is 12.9. The standard InChI is InChI=1S/C51H37NS/c1-51(2)42-27-12-8-24-40(42)49-39(26-16-28-43(49)51)38-23-10-14-30-45(38)52(46-31-17-33-48-50(46)41-25-11-15-32-47(41)53-48)44-29-13-9-22-37(44)36-21-7-6-20-35(36)34-18-4-3-5-19-34/h3-33H,1-2H3. The van der Waals surface area contributed by atoms with Gasteiger partial charge in [0, 0.05) is 36.7 Å². The molecular formula is C51H37NS. The molecule has 0 fully saturated rings. The van der Waals surface area contributed by atoms with Crippen molar-refractivity contribution < 1.29 is 0 Å². The molecule has 1 aliphatic carbocycles. The number of benzene rings is 8. The summed E-state index contributed by atoms with van der Waals surface area (Å²) in [5.41, 5.74) is 16.1. The molecule has 0 aliphatic heterocycles. The minimum atomic E-state index is -0.0918. The topological polar surface area (TPSA) is 3.24 Å². The summed E-state index contributed by atoms with van der Waals surface area (Å²) in [7, 11) is 0. The van der Waals surface area contributed by atoms with Crippen LogP contribution in [0.4, 0.5) is 17.1 Å². The highest BCUT2D eigenvalue weighted by Crippen LogP contribution is 2.55. The third-order valence-corrected chi connectivity index (χ3v) is 12.2. The molecule has 1 nitrogen and oxygen atoms in total. The maximum absolute atomic E-state index is 2.54. The van der Waals surface area contributed by atoms with Crippen LogP contribution in [-0.4, -0.2) is 0 Å². The molecule has 0 amide bonds. The second-order valence-corrected chi connectivity index (χ2v) is 15.5. The molecule has 8 aromatic carbocycles. The largest absolute Gasteiger partial charge is 0.309 e. The zero-order chi connectivity index (χ0) is 35.5. The SMILES string of the molecule is CC1(C)c2ccccc2-c2c(-c3ccccc3N(c3ccccc3-c3ccccc3-c3ccccc3)c3cccc4sc5ccccc5c34)cccc21. The Morgan fingerprint density at radius 2 is 0.887 bits per heavy atom. The van der Waals surface area contributed by atoms with Crippen molar-refractivity contribution in [3.8, 4) is 44.5 Å². The van der Waals surface area contributed by atoms with Crippen molar-refractivity contribution in [3.05, 3.63) is 199 Å². The molecule has 0 radical (unpaired) electrons. The number of anilines is 3. The third-order valence-electron chi connectivity index (χ3n) is 11.1. The Morgan fingerprint density at radius 3 is 1.66 bits per heavy atom. The molecule has 10 rings (SSSR count). The van der Waals surface area contributed by atoms with E-state index in [4.69, 9.17) is 0 Å². The first kappa shape index (κ1) is 31.5. The van der Waals surface area contributed by atoms with Crippen molar-refractivity contribution in [1.82, 2.24) is 0 Å². The van der Waals surface area contributed by atoms with Crippen LogP contribution in [0.3, 0.4) is 0 Å². The number of hydrogen-bond acceptors (Lipinski definition) is 2. The summed E-state index contributed by atoms with van der Waals surface area (Å²) in [5.74, 6) is 0. The number of nitrogens with zero attached hydrogens (tertiary/aromatic N) is 1. The van der Waals surface area contributed by atoms with E-state index in [0.717, 1.165) is 11.4 Å². The van der Waals surface area contributed by atoms with Gasteiger partial charge in [0.1, 0.15) is 0 Å². The molecule has 0 N–H and O–H groups in total. The van der Waals surface area contributed by atoms with E-state index in [-0.39, 0.29) is 5.41 Å². The van der Waals surface area contributed by atoms with Crippen molar-refractivity contribution in [2.24, 2.45) is 0 Å². The molecule has 9 aromatic rings. The average molecular weight is 696 g/mol. The van der Waals surface area contributed by atoms with Crippen molar-refractivity contribution >= 4 is 48.6 Å². The Hall–Kier alpha value is -6.22. The van der Waals surface area contributed by atoms with Crippen LogP contribution in [-0.2, 0) is 5.41 Å². The molecule has 0 saturated carbocycles. The lowest BCUT2D eigenvalue weighted by Crippen LogP contribution is -2.15. The molecule has 1 aromatic heterocycles. The molecule has 0 saturated heterocycles. The van der Waals surface area contributed by atoms with Crippen LogP contribution in [0, 0.1) is 0 Å². The van der Waals surface area contributed by atoms with Crippen LogP contribution in [0.15, 0.2) is 188 Å². The van der Waals surface area contributed by atoms with Crippen LogP contribution in [0.5, 0.6) is 0 Å². The van der Waals surface area contributed by atoms with Crippen LogP contribution in [0.1, 0.15) is 25.0 Å². The van der Waals surface area contributed by atoms with Gasteiger partial charge in [0.2, 0.25) is 0 Å². The van der Waals surface area contributed by atoms with Gasteiger partial charge in [-0.2, -0.15) is 0 Å². The van der Waals surface area contributed by atoms with Gasteiger partial charge in [-0.25, -0.2) is 0 Å². The van der Waals surface area contributed by atoms with E-state index in [2.05, 4.69) is 207 Å². The molecule has 53 heavy (non-hydrogen) atoms. The Bertz CT molecular complexity index is 2820. The average Bonchev–Trinajstić information content (AvgIpc) is 3.71. The molecule has 252 valence electrons. The molecule has 0 spiro atoms. The number of hydrogen-bond donors (Lipinski definition) is 0. The van der Waals surface area contributed by atoms with E-state index >= 15 is 0 Å². The number of rotatable bonds is 6. The zero-order valence-electron chi connectivity index (χ0n) is 29.8. The van der Waals surface area contributed by atoms with Crippen molar-refractivity contribution in [2.45, 2.75) is 19.3 Å². The lowest BCUT2D eigenvalue weighted by atomic mass is 9.82. The fourth-order valence-corrected chi connectivity index (χ4v) is 9.82. The van der Waals surface area contributed by atoms with Gasteiger partial charge >= 0.3 is 0 Å². The molecule has 0 unspecified atom stereocenters. The van der Waals surface area contributed by atoms with Crippen molar-refractivity contribution in [1.29, 1.82) is 0 Å². The van der Waals surface area contributed by atoms with Gasteiger partial charge in [0.05, 0.1) is 17.1 Å². The smallest absolute Gasteiger partial charge is 0.0555 e. The summed E-state index contributed by atoms with van der Waals surface area (Å²) in [6.45, 7) is 4.73. The minimum Gasteiger partial charge on any atom is -0.309 e. The second-order valence-electron chi connectivity index (χ2n) is 14.4. The summed E-state index contributed by atoms with van der Waals surface area (Å²) in [6, 6.07) is 69.1. The fraction of sp³-hybridized carbons (Fsp3) is 0.0588. The number of para-hydroxylation sites is 2. The van der Waals surface area contributed by atoms with E-state index in [0.29, 0.717) is 0 Å². The maximum Gasteiger partial charge on any atom is 0.0555 e.